The summed E-state index contributed by atoms with van der Waals surface area (Å²) in [6.07, 6.45) is 13.5. The molecule has 0 aromatic carbocycles. The SMILES string of the molecule is CCCCC(CCCC)C1(O)CCCCC1. The van der Waals surface area contributed by atoms with Crippen molar-refractivity contribution in [3.8, 4) is 0 Å². The summed E-state index contributed by atoms with van der Waals surface area (Å²) in [7, 11) is 0. The fourth-order valence-electron chi connectivity index (χ4n) is 3.15. The quantitative estimate of drug-likeness (QED) is 0.668. The lowest BCUT2D eigenvalue weighted by Crippen LogP contribution is -2.40. The number of aliphatic hydroxyl groups is 1. The van der Waals surface area contributed by atoms with E-state index in [0.717, 1.165) is 12.8 Å². The topological polar surface area (TPSA) is 20.2 Å². The van der Waals surface area contributed by atoms with E-state index in [2.05, 4.69) is 13.8 Å². The highest BCUT2D eigenvalue weighted by Gasteiger charge is 2.36. The number of hydrogen-bond acceptors (Lipinski definition) is 1. The van der Waals surface area contributed by atoms with Crippen molar-refractivity contribution in [3.63, 3.8) is 0 Å². The molecule has 1 saturated carbocycles. The molecule has 1 rings (SSSR count). The minimum absolute atomic E-state index is 0.303. The van der Waals surface area contributed by atoms with Crippen LogP contribution in [0.4, 0.5) is 0 Å². The van der Waals surface area contributed by atoms with Crippen LogP contribution >= 0.6 is 0 Å². The predicted octanol–water partition coefficient (Wildman–Crippen LogP) is 4.68. The first-order valence-electron chi connectivity index (χ1n) is 7.45. The lowest BCUT2D eigenvalue weighted by molar-refractivity contribution is -0.0562. The molecule has 0 radical (unpaired) electrons. The standard InChI is InChI=1S/C15H30O/c1-3-5-10-14(11-6-4-2)15(16)12-8-7-9-13-15/h14,16H,3-13H2,1-2H3. The Hall–Kier alpha value is -0.0400. The highest BCUT2D eigenvalue weighted by molar-refractivity contribution is 4.88. The van der Waals surface area contributed by atoms with Crippen LogP contribution in [-0.4, -0.2) is 10.7 Å². The summed E-state index contributed by atoms with van der Waals surface area (Å²) in [6.45, 7) is 4.50. The molecule has 0 spiro atoms. The molecule has 1 heteroatoms. The molecular formula is C15H30O. The average Bonchev–Trinajstić information content (AvgIpc) is 2.30. The highest BCUT2D eigenvalue weighted by atomic mass is 16.3. The van der Waals surface area contributed by atoms with E-state index in [-0.39, 0.29) is 5.60 Å². The van der Waals surface area contributed by atoms with Crippen molar-refractivity contribution in [1.29, 1.82) is 0 Å². The van der Waals surface area contributed by atoms with E-state index in [1.54, 1.807) is 0 Å². The summed E-state index contributed by atoms with van der Waals surface area (Å²) in [5.41, 5.74) is -0.303. The highest BCUT2D eigenvalue weighted by Crippen LogP contribution is 2.39. The maximum Gasteiger partial charge on any atom is 0.0675 e. The van der Waals surface area contributed by atoms with E-state index in [9.17, 15) is 5.11 Å². The first-order chi connectivity index (χ1) is 7.73. The Labute approximate surface area is 102 Å². The maximum atomic E-state index is 10.8. The molecule has 0 atom stereocenters. The van der Waals surface area contributed by atoms with Crippen LogP contribution in [0, 0.1) is 5.92 Å². The van der Waals surface area contributed by atoms with Gasteiger partial charge >= 0.3 is 0 Å². The van der Waals surface area contributed by atoms with Crippen LogP contribution in [0.2, 0.25) is 0 Å². The first-order valence-corrected chi connectivity index (χ1v) is 7.45. The van der Waals surface area contributed by atoms with E-state index in [1.165, 1.54) is 57.8 Å². The molecular weight excluding hydrogens is 196 g/mol. The molecule has 1 nitrogen and oxygen atoms in total. The predicted molar refractivity (Wildman–Crippen MR) is 70.6 cm³/mol. The van der Waals surface area contributed by atoms with Crippen molar-refractivity contribution < 1.29 is 5.11 Å². The van der Waals surface area contributed by atoms with Crippen LogP contribution in [0.15, 0.2) is 0 Å². The molecule has 0 amide bonds. The van der Waals surface area contributed by atoms with Crippen LogP contribution < -0.4 is 0 Å². The zero-order valence-corrected chi connectivity index (χ0v) is 11.3. The van der Waals surface area contributed by atoms with Gasteiger partial charge in [-0.15, -0.1) is 0 Å². The third-order valence-corrected chi connectivity index (χ3v) is 4.29. The van der Waals surface area contributed by atoms with E-state index in [0.29, 0.717) is 5.92 Å². The molecule has 0 aromatic heterocycles. The Morgan fingerprint density at radius 2 is 1.44 bits per heavy atom. The number of rotatable bonds is 7. The second kappa shape index (κ2) is 7.32. The third kappa shape index (κ3) is 4.08. The third-order valence-electron chi connectivity index (χ3n) is 4.29. The maximum absolute atomic E-state index is 10.8. The molecule has 1 N–H and O–H groups in total. The molecule has 1 aliphatic carbocycles. The van der Waals surface area contributed by atoms with Gasteiger partial charge in [-0.1, -0.05) is 58.8 Å². The first kappa shape index (κ1) is 14.0. The van der Waals surface area contributed by atoms with Crippen LogP contribution in [-0.2, 0) is 0 Å². The van der Waals surface area contributed by atoms with Gasteiger partial charge in [0.2, 0.25) is 0 Å². The molecule has 0 aliphatic heterocycles. The van der Waals surface area contributed by atoms with Gasteiger partial charge in [-0.2, -0.15) is 0 Å². The molecule has 1 fully saturated rings. The van der Waals surface area contributed by atoms with Gasteiger partial charge in [0.1, 0.15) is 0 Å². The zero-order valence-electron chi connectivity index (χ0n) is 11.3. The smallest absolute Gasteiger partial charge is 0.0675 e. The summed E-state index contributed by atoms with van der Waals surface area (Å²) in [5.74, 6) is 0.577. The normalized spacial score (nSPS) is 20.2. The van der Waals surface area contributed by atoms with Gasteiger partial charge < -0.3 is 5.11 Å². The number of unbranched alkanes of at least 4 members (excludes halogenated alkanes) is 2. The number of hydrogen-bond donors (Lipinski definition) is 1. The fourth-order valence-corrected chi connectivity index (χ4v) is 3.15. The Bertz CT molecular complexity index is 162. The van der Waals surface area contributed by atoms with Crippen molar-refractivity contribution >= 4 is 0 Å². The molecule has 16 heavy (non-hydrogen) atoms. The fraction of sp³-hybridized carbons (Fsp3) is 1.00. The molecule has 0 bridgehead atoms. The molecule has 1 aliphatic rings. The van der Waals surface area contributed by atoms with Crippen molar-refractivity contribution in [3.05, 3.63) is 0 Å². The van der Waals surface area contributed by atoms with Gasteiger partial charge in [-0.3, -0.25) is 0 Å². The Morgan fingerprint density at radius 1 is 0.938 bits per heavy atom. The van der Waals surface area contributed by atoms with Crippen LogP contribution in [0.5, 0.6) is 0 Å². The Kier molecular flexibility index (Phi) is 6.41. The summed E-state index contributed by atoms with van der Waals surface area (Å²) < 4.78 is 0. The lowest BCUT2D eigenvalue weighted by Gasteiger charge is -2.39. The van der Waals surface area contributed by atoms with E-state index in [4.69, 9.17) is 0 Å². The van der Waals surface area contributed by atoms with Gasteiger partial charge in [0.25, 0.3) is 0 Å². The Morgan fingerprint density at radius 3 is 1.88 bits per heavy atom. The molecule has 0 aromatic rings. The zero-order chi connectivity index (χ0) is 11.9. The van der Waals surface area contributed by atoms with Crippen LogP contribution in [0.25, 0.3) is 0 Å². The molecule has 0 heterocycles. The molecule has 96 valence electrons. The monoisotopic (exact) mass is 226 g/mol. The van der Waals surface area contributed by atoms with Gasteiger partial charge in [0.15, 0.2) is 0 Å². The second-order valence-corrected chi connectivity index (χ2v) is 5.65. The van der Waals surface area contributed by atoms with Gasteiger partial charge in [-0.05, 0) is 31.6 Å². The van der Waals surface area contributed by atoms with E-state index in [1.807, 2.05) is 0 Å². The van der Waals surface area contributed by atoms with Crippen LogP contribution in [0.1, 0.15) is 84.5 Å². The summed E-state index contributed by atoms with van der Waals surface area (Å²) >= 11 is 0. The largest absolute Gasteiger partial charge is 0.390 e. The van der Waals surface area contributed by atoms with Crippen molar-refractivity contribution in [2.24, 2.45) is 5.92 Å². The molecule has 0 unspecified atom stereocenters. The van der Waals surface area contributed by atoms with Gasteiger partial charge in [-0.25, -0.2) is 0 Å². The van der Waals surface area contributed by atoms with E-state index < -0.39 is 0 Å². The lowest BCUT2D eigenvalue weighted by atomic mass is 9.72. The average molecular weight is 226 g/mol. The second-order valence-electron chi connectivity index (χ2n) is 5.65. The van der Waals surface area contributed by atoms with Crippen molar-refractivity contribution in [2.45, 2.75) is 90.1 Å². The molecule has 0 saturated heterocycles. The van der Waals surface area contributed by atoms with Crippen LogP contribution in [0.3, 0.4) is 0 Å². The minimum atomic E-state index is -0.303. The van der Waals surface area contributed by atoms with Crippen molar-refractivity contribution in [1.82, 2.24) is 0 Å². The Balaban J connectivity index is 2.50. The summed E-state index contributed by atoms with van der Waals surface area (Å²) in [5, 5.41) is 10.8. The van der Waals surface area contributed by atoms with E-state index >= 15 is 0 Å². The van der Waals surface area contributed by atoms with Gasteiger partial charge in [0.05, 0.1) is 5.60 Å². The minimum Gasteiger partial charge on any atom is -0.390 e. The summed E-state index contributed by atoms with van der Waals surface area (Å²) in [4.78, 5) is 0. The van der Waals surface area contributed by atoms with Crippen molar-refractivity contribution in [2.75, 3.05) is 0 Å². The van der Waals surface area contributed by atoms with Gasteiger partial charge in [0, 0.05) is 0 Å². The summed E-state index contributed by atoms with van der Waals surface area (Å²) in [6, 6.07) is 0.